The second-order valence-electron chi connectivity index (χ2n) is 11.5. The molecule has 0 saturated heterocycles. The Bertz CT molecular complexity index is 1130. The number of rotatable bonds is 14. The number of hydrogen-bond donors (Lipinski definition) is 2. The second-order valence-corrected chi connectivity index (χ2v) is 18.7. The molecular formula is C38H62Li2N6O2Si2+2. The van der Waals surface area contributed by atoms with Gasteiger partial charge in [-0.3, -0.25) is 9.13 Å². The van der Waals surface area contributed by atoms with Crippen molar-refractivity contribution in [2.24, 2.45) is 0 Å². The third kappa shape index (κ3) is 21.3. The van der Waals surface area contributed by atoms with Crippen LogP contribution < -0.4 is 47.7 Å². The van der Waals surface area contributed by atoms with Gasteiger partial charge in [0.25, 0.3) is 17.1 Å². The van der Waals surface area contributed by atoms with Gasteiger partial charge in [0.2, 0.25) is 0 Å². The fourth-order valence-electron chi connectivity index (χ4n) is 4.19. The summed E-state index contributed by atoms with van der Waals surface area (Å²) >= 11 is 0. The average Bonchev–Trinajstić information content (AvgIpc) is 3.08. The molecule has 12 heteroatoms. The summed E-state index contributed by atoms with van der Waals surface area (Å²) in [6.07, 6.45) is 0. The van der Waals surface area contributed by atoms with Crippen molar-refractivity contribution in [3.8, 4) is 0 Å². The summed E-state index contributed by atoms with van der Waals surface area (Å²) in [4.78, 5) is 14.6. The first-order valence-electron chi connectivity index (χ1n) is 16.9. The van der Waals surface area contributed by atoms with Gasteiger partial charge < -0.3 is 29.4 Å². The van der Waals surface area contributed by atoms with Gasteiger partial charge in [0.1, 0.15) is 11.4 Å². The minimum absolute atomic E-state index is 0. The zero-order valence-electron chi connectivity index (χ0n) is 33.1. The fraction of sp³-hybridized carbons (Fsp3) is 0.368. The largest absolute Gasteiger partial charge is 1.00 e. The van der Waals surface area contributed by atoms with Crippen LogP contribution in [0.1, 0.15) is 27.7 Å². The normalized spacial score (nSPS) is 12.4. The molecule has 0 aliphatic heterocycles. The van der Waals surface area contributed by atoms with Gasteiger partial charge in [-0.25, -0.2) is 0 Å². The molecule has 0 unspecified atom stereocenters. The summed E-state index contributed by atoms with van der Waals surface area (Å²) in [7, 11) is 4.49. The van der Waals surface area contributed by atoms with Gasteiger partial charge in [-0.05, 0) is 93.2 Å². The Kier molecular flexibility index (Phi) is 29.4. The predicted molar refractivity (Wildman–Crippen MR) is 210 cm³/mol. The number of hydrogen-bond acceptors (Lipinski definition) is 4. The SMILES string of the molecule is CCOCC.CCOCC.CN(C)[Si@](C)([N-]c1ccccc1)[NH2+]c1ccccc1.CN(C)[Si@](C)([N-]c1ccccc1)[NH2+]c1ccccc1.[Li+].[Li+]. The molecule has 0 bridgehead atoms. The molecule has 0 saturated carbocycles. The van der Waals surface area contributed by atoms with E-state index in [1.807, 2.05) is 76.2 Å². The fourth-order valence-corrected chi connectivity index (χ4v) is 8.23. The predicted octanol–water partition coefficient (Wildman–Crippen LogP) is 1.53. The van der Waals surface area contributed by atoms with E-state index in [0.29, 0.717) is 0 Å². The van der Waals surface area contributed by atoms with Crippen LogP contribution in [-0.4, -0.2) is 80.9 Å². The maximum absolute atomic E-state index is 4.99. The van der Waals surface area contributed by atoms with Crippen molar-refractivity contribution in [1.29, 1.82) is 0 Å². The molecule has 264 valence electrons. The van der Waals surface area contributed by atoms with E-state index in [4.69, 9.17) is 19.4 Å². The Morgan fingerprint density at radius 3 is 0.900 bits per heavy atom. The molecule has 0 aliphatic carbocycles. The van der Waals surface area contributed by atoms with Gasteiger partial charge in [-0.2, -0.15) is 0 Å². The van der Waals surface area contributed by atoms with Crippen molar-refractivity contribution in [2.45, 2.75) is 40.8 Å². The molecule has 50 heavy (non-hydrogen) atoms. The monoisotopic (exact) mass is 704 g/mol. The summed E-state index contributed by atoms with van der Waals surface area (Å²) in [6.45, 7) is 15.8. The summed E-state index contributed by atoms with van der Waals surface area (Å²) in [5, 5.41) is 0. The number of quaternary nitrogens is 2. The zero-order valence-corrected chi connectivity index (χ0v) is 35.1. The van der Waals surface area contributed by atoms with Crippen LogP contribution in [-0.2, 0) is 9.47 Å². The molecule has 4 N–H and O–H groups in total. The Hall–Kier alpha value is -2.13. The zero-order chi connectivity index (χ0) is 35.7. The molecule has 4 rings (SSSR count). The van der Waals surface area contributed by atoms with E-state index in [-0.39, 0.29) is 37.7 Å². The summed E-state index contributed by atoms with van der Waals surface area (Å²) in [6, 6.07) is 41.3. The van der Waals surface area contributed by atoms with Crippen LogP contribution in [0.5, 0.6) is 0 Å². The molecule has 0 fully saturated rings. The maximum atomic E-state index is 4.99. The third-order valence-corrected chi connectivity index (χ3v) is 14.1. The summed E-state index contributed by atoms with van der Waals surface area (Å²) in [5.41, 5.74) is 4.59. The van der Waals surface area contributed by atoms with Gasteiger partial charge in [-0.1, -0.05) is 97.1 Å². The molecule has 0 radical (unpaired) electrons. The van der Waals surface area contributed by atoms with Gasteiger partial charge >= 0.3 is 37.7 Å². The second kappa shape index (κ2) is 29.4. The molecule has 0 amide bonds. The van der Waals surface area contributed by atoms with E-state index >= 15 is 0 Å². The number of nitrogens with zero attached hydrogens (tertiary/aromatic N) is 4. The van der Waals surface area contributed by atoms with E-state index in [1.54, 1.807) is 0 Å². The minimum atomic E-state index is -1.98. The van der Waals surface area contributed by atoms with E-state index in [9.17, 15) is 0 Å². The van der Waals surface area contributed by atoms with E-state index in [2.05, 4.69) is 133 Å². The van der Waals surface area contributed by atoms with Crippen molar-refractivity contribution < 1.29 is 57.2 Å². The maximum Gasteiger partial charge on any atom is 1.00 e. The molecule has 8 nitrogen and oxygen atoms in total. The van der Waals surface area contributed by atoms with Crippen molar-refractivity contribution in [2.75, 3.05) is 54.6 Å². The Balaban J connectivity index is 0. The molecule has 4 aromatic carbocycles. The van der Waals surface area contributed by atoms with Crippen LogP contribution in [0.25, 0.3) is 9.96 Å². The third-order valence-electron chi connectivity index (χ3n) is 7.33. The first kappa shape index (κ1) is 50.0. The molecule has 2 atom stereocenters. The topological polar surface area (TPSA) is 86.4 Å². The first-order chi connectivity index (χ1) is 23.0. The quantitative estimate of drug-likeness (QED) is 0.154. The van der Waals surface area contributed by atoms with E-state index in [0.717, 1.165) is 37.8 Å². The summed E-state index contributed by atoms with van der Waals surface area (Å²) in [5.74, 6) is 0. The standard InChI is InChI=1S/2C15H20N3Si.2C4H10O.2Li/c2*1-18(2)19(3,16-14-10-6-4-7-11-14)17-15-12-8-5-9-13-15;2*1-3-5-4-2;;/h2*4-13,16H,1-3H3;2*3-4H2,1-2H3;;/q2*-1;;;2*+1/p+2/t2*19-;;;;/m00..../s1. The van der Waals surface area contributed by atoms with Crippen LogP contribution in [0, 0.1) is 0 Å². The van der Waals surface area contributed by atoms with Gasteiger partial charge in [0.05, 0.1) is 0 Å². The van der Waals surface area contributed by atoms with Crippen molar-refractivity contribution >= 4 is 39.9 Å². The van der Waals surface area contributed by atoms with Gasteiger partial charge in [0.15, 0.2) is 0 Å². The van der Waals surface area contributed by atoms with Gasteiger partial charge in [0, 0.05) is 26.4 Å². The number of nitrogens with two attached hydrogens (primary N) is 2. The molecular weight excluding hydrogens is 643 g/mol. The Morgan fingerprint density at radius 2 is 0.700 bits per heavy atom. The first-order valence-corrected chi connectivity index (χ1v) is 21.9. The van der Waals surface area contributed by atoms with E-state index < -0.39 is 17.1 Å². The average molecular weight is 705 g/mol. The Morgan fingerprint density at radius 1 is 0.460 bits per heavy atom. The molecule has 0 aliphatic rings. The number of benzene rings is 4. The molecule has 0 heterocycles. The van der Waals surface area contributed by atoms with E-state index in [1.165, 1.54) is 11.4 Å². The van der Waals surface area contributed by atoms with Crippen molar-refractivity contribution in [3.63, 3.8) is 0 Å². The van der Waals surface area contributed by atoms with Crippen LogP contribution in [0.4, 0.5) is 22.7 Å². The van der Waals surface area contributed by atoms with Gasteiger partial charge in [-0.15, -0.1) is 11.4 Å². The summed E-state index contributed by atoms with van der Waals surface area (Å²) < 4.78 is 14.2. The van der Waals surface area contributed by atoms with Crippen molar-refractivity contribution in [1.82, 2.24) is 9.13 Å². The smallest absolute Gasteiger partial charge is 0.624 e. The van der Waals surface area contributed by atoms with Crippen molar-refractivity contribution in [3.05, 3.63) is 131 Å². The molecule has 4 aromatic rings. The molecule has 0 spiro atoms. The number of ether oxygens (including phenoxy) is 2. The Labute approximate surface area is 331 Å². The van der Waals surface area contributed by atoms with Crippen LogP contribution >= 0.6 is 0 Å². The van der Waals surface area contributed by atoms with Crippen LogP contribution in [0.2, 0.25) is 13.1 Å². The van der Waals surface area contributed by atoms with Crippen LogP contribution in [0.15, 0.2) is 121 Å². The van der Waals surface area contributed by atoms with Crippen LogP contribution in [0.3, 0.4) is 0 Å². The minimum Gasteiger partial charge on any atom is -0.624 e. The molecule has 0 aromatic heterocycles.